The summed E-state index contributed by atoms with van der Waals surface area (Å²) >= 11 is 6.26. The second-order valence-electron chi connectivity index (χ2n) is 9.77. The lowest BCUT2D eigenvalue weighted by atomic mass is 10.0. The van der Waals surface area contributed by atoms with Gasteiger partial charge in [-0.15, -0.1) is 0 Å². The Balaban J connectivity index is 1.77. The molecule has 4 aromatic carbocycles. The number of anilines is 1. The molecule has 0 saturated carbocycles. The molecule has 0 aliphatic carbocycles. The number of hydrogen-bond donors (Lipinski definition) is 1. The highest BCUT2D eigenvalue weighted by Crippen LogP contribution is 2.26. The van der Waals surface area contributed by atoms with Crippen LogP contribution in [-0.4, -0.2) is 51.4 Å². The van der Waals surface area contributed by atoms with Crippen molar-refractivity contribution in [1.82, 2.24) is 10.2 Å². The van der Waals surface area contributed by atoms with E-state index in [0.717, 1.165) is 9.87 Å². The topological polar surface area (TPSA) is 96.0 Å². The van der Waals surface area contributed by atoms with Crippen LogP contribution in [0.3, 0.4) is 0 Å². The Morgan fingerprint density at radius 1 is 0.860 bits per heavy atom. The Hall–Kier alpha value is -4.34. The summed E-state index contributed by atoms with van der Waals surface area (Å²) < 4.78 is 34.3. The van der Waals surface area contributed by atoms with Crippen molar-refractivity contribution in [2.75, 3.05) is 24.5 Å². The summed E-state index contributed by atoms with van der Waals surface area (Å²) in [4.78, 5) is 29.3. The maximum Gasteiger partial charge on any atom is 0.264 e. The minimum atomic E-state index is -4.19. The monoisotopic (exact) mass is 619 g/mol. The molecule has 0 aromatic heterocycles. The van der Waals surface area contributed by atoms with Gasteiger partial charge in [-0.3, -0.25) is 13.9 Å². The number of halogens is 1. The molecule has 0 bridgehead atoms. The zero-order valence-electron chi connectivity index (χ0n) is 24.0. The highest BCUT2D eigenvalue weighted by molar-refractivity contribution is 7.92. The van der Waals surface area contributed by atoms with Crippen molar-refractivity contribution in [2.24, 2.45) is 0 Å². The molecule has 1 N–H and O–H groups in total. The minimum Gasteiger partial charge on any atom is -0.497 e. The third-order valence-corrected chi connectivity index (χ3v) is 8.86. The first-order chi connectivity index (χ1) is 20.7. The molecule has 0 aliphatic heterocycles. The van der Waals surface area contributed by atoms with E-state index >= 15 is 0 Å². The third-order valence-electron chi connectivity index (χ3n) is 6.83. The molecule has 43 heavy (non-hydrogen) atoms. The average molecular weight is 620 g/mol. The number of rotatable bonds is 13. The number of likely N-dealkylation sites (N-methyl/N-ethyl adjacent to an activating group) is 1. The molecule has 224 valence electrons. The van der Waals surface area contributed by atoms with Gasteiger partial charge in [-0.25, -0.2) is 8.42 Å². The average Bonchev–Trinajstić information content (AvgIpc) is 3.02. The molecule has 1 atom stereocenters. The van der Waals surface area contributed by atoms with Crippen molar-refractivity contribution in [1.29, 1.82) is 0 Å². The third kappa shape index (κ3) is 8.15. The number of nitrogens with one attached hydrogen (secondary N) is 1. The molecular formula is C33H34ClN3O5S. The van der Waals surface area contributed by atoms with Crippen molar-refractivity contribution in [2.45, 2.75) is 30.8 Å². The zero-order valence-corrected chi connectivity index (χ0v) is 25.6. The van der Waals surface area contributed by atoms with Gasteiger partial charge in [-0.1, -0.05) is 72.3 Å². The van der Waals surface area contributed by atoms with Crippen LogP contribution in [0, 0.1) is 0 Å². The Bertz CT molecular complexity index is 1620. The fourth-order valence-corrected chi connectivity index (χ4v) is 6.30. The minimum absolute atomic E-state index is 0.00379. The standard InChI is InChI=1S/C33H34ClN3O5S/c1-3-35-33(39)31(22-25-11-6-4-7-12-25)36(23-26-13-10-14-27(34)21-26)32(38)24-37(28-15-8-5-9-16-28)43(40,41)30-19-17-29(42-2)18-20-30/h4-21,31H,3,22-24H2,1-2H3,(H,35,39)/t31-/m1/s1. The van der Waals surface area contributed by atoms with E-state index in [9.17, 15) is 18.0 Å². The first-order valence-corrected chi connectivity index (χ1v) is 15.6. The first kappa shape index (κ1) is 31.6. The quantitative estimate of drug-likeness (QED) is 0.219. The Kier molecular flexibility index (Phi) is 10.8. The van der Waals surface area contributed by atoms with E-state index < -0.39 is 28.5 Å². The molecule has 0 radical (unpaired) electrons. The number of nitrogens with zero attached hydrogens (tertiary/aromatic N) is 2. The predicted octanol–water partition coefficient (Wildman–Crippen LogP) is 5.32. The van der Waals surface area contributed by atoms with Crippen LogP contribution < -0.4 is 14.4 Å². The number of carbonyl (C=O) groups is 2. The van der Waals surface area contributed by atoms with Crippen molar-refractivity contribution < 1.29 is 22.7 Å². The van der Waals surface area contributed by atoms with Crippen molar-refractivity contribution in [3.63, 3.8) is 0 Å². The van der Waals surface area contributed by atoms with Crippen molar-refractivity contribution >= 4 is 39.1 Å². The van der Waals surface area contributed by atoms with Gasteiger partial charge < -0.3 is 15.0 Å². The molecule has 10 heteroatoms. The van der Waals surface area contributed by atoms with Gasteiger partial charge in [0, 0.05) is 24.5 Å². The highest BCUT2D eigenvalue weighted by atomic mass is 35.5. The molecule has 0 heterocycles. The second kappa shape index (κ2) is 14.7. The summed E-state index contributed by atoms with van der Waals surface area (Å²) in [5.74, 6) is -0.390. The van der Waals surface area contributed by atoms with Gasteiger partial charge >= 0.3 is 0 Å². The van der Waals surface area contributed by atoms with E-state index in [2.05, 4.69) is 5.32 Å². The maximum atomic E-state index is 14.3. The number of methoxy groups -OCH3 is 1. The van der Waals surface area contributed by atoms with Gasteiger partial charge in [0.25, 0.3) is 10.0 Å². The Labute approximate surface area is 257 Å². The fraction of sp³-hybridized carbons (Fsp3) is 0.212. The molecule has 0 fully saturated rings. The van der Waals surface area contributed by atoms with Crippen LogP contribution in [-0.2, 0) is 32.6 Å². The fourth-order valence-electron chi connectivity index (χ4n) is 4.68. The van der Waals surface area contributed by atoms with Gasteiger partial charge in [-0.05, 0) is 66.6 Å². The number of ether oxygens (including phenoxy) is 1. The Morgan fingerprint density at radius 3 is 2.09 bits per heavy atom. The smallest absolute Gasteiger partial charge is 0.264 e. The number of amides is 2. The molecule has 0 aliphatic rings. The SMILES string of the molecule is CCNC(=O)[C@@H](Cc1ccccc1)N(Cc1cccc(Cl)c1)C(=O)CN(c1ccccc1)S(=O)(=O)c1ccc(OC)cc1. The van der Waals surface area contributed by atoms with E-state index in [1.807, 2.05) is 36.4 Å². The summed E-state index contributed by atoms with van der Waals surface area (Å²) in [5, 5.41) is 3.33. The summed E-state index contributed by atoms with van der Waals surface area (Å²) in [6.07, 6.45) is 0.232. The normalized spacial score (nSPS) is 11.8. The van der Waals surface area contributed by atoms with Crippen LogP contribution in [0.1, 0.15) is 18.1 Å². The summed E-state index contributed by atoms with van der Waals surface area (Å²) in [5.41, 5.74) is 1.87. The van der Waals surface area contributed by atoms with Crippen LogP contribution in [0.4, 0.5) is 5.69 Å². The maximum absolute atomic E-state index is 14.3. The van der Waals surface area contributed by atoms with E-state index in [0.29, 0.717) is 28.6 Å². The summed E-state index contributed by atoms with van der Waals surface area (Å²) in [6, 6.07) is 29.9. The van der Waals surface area contributed by atoms with Gasteiger partial charge in [0.15, 0.2) is 0 Å². The van der Waals surface area contributed by atoms with Gasteiger partial charge in [0.2, 0.25) is 11.8 Å². The van der Waals surface area contributed by atoms with E-state index in [1.54, 1.807) is 67.6 Å². The van der Waals surface area contributed by atoms with Crippen LogP contribution >= 0.6 is 11.6 Å². The molecule has 0 saturated heterocycles. The molecule has 0 spiro atoms. The van der Waals surface area contributed by atoms with E-state index in [-0.39, 0.29) is 23.8 Å². The summed E-state index contributed by atoms with van der Waals surface area (Å²) in [6.45, 7) is 1.67. The number of carbonyl (C=O) groups excluding carboxylic acids is 2. The predicted molar refractivity (Wildman–Crippen MR) is 169 cm³/mol. The molecule has 4 aromatic rings. The van der Waals surface area contributed by atoms with Crippen LogP contribution in [0.5, 0.6) is 5.75 Å². The molecule has 4 rings (SSSR count). The van der Waals surface area contributed by atoms with Crippen LogP contribution in [0.15, 0.2) is 114 Å². The Morgan fingerprint density at radius 2 is 1.49 bits per heavy atom. The molecule has 2 amide bonds. The summed E-state index contributed by atoms with van der Waals surface area (Å²) in [7, 11) is -2.70. The van der Waals surface area contributed by atoms with E-state index in [1.165, 1.54) is 24.1 Å². The lowest BCUT2D eigenvalue weighted by Crippen LogP contribution is -2.53. The lowest BCUT2D eigenvalue weighted by Gasteiger charge is -2.33. The first-order valence-electron chi connectivity index (χ1n) is 13.8. The van der Waals surface area contributed by atoms with Crippen LogP contribution in [0.2, 0.25) is 5.02 Å². The molecule has 8 nitrogen and oxygen atoms in total. The largest absolute Gasteiger partial charge is 0.497 e. The van der Waals surface area contributed by atoms with Gasteiger partial charge in [0.05, 0.1) is 17.7 Å². The number of benzene rings is 4. The van der Waals surface area contributed by atoms with Crippen LogP contribution in [0.25, 0.3) is 0 Å². The number of sulfonamides is 1. The molecular weight excluding hydrogens is 586 g/mol. The second-order valence-corrected chi connectivity index (χ2v) is 12.1. The molecule has 0 unspecified atom stereocenters. The highest BCUT2D eigenvalue weighted by Gasteiger charge is 2.34. The van der Waals surface area contributed by atoms with Crippen molar-refractivity contribution in [3.05, 3.63) is 125 Å². The number of para-hydroxylation sites is 1. The number of hydrogen-bond acceptors (Lipinski definition) is 5. The zero-order chi connectivity index (χ0) is 30.8. The van der Waals surface area contributed by atoms with E-state index in [4.69, 9.17) is 16.3 Å². The van der Waals surface area contributed by atoms with Gasteiger partial charge in [-0.2, -0.15) is 0 Å². The van der Waals surface area contributed by atoms with Crippen molar-refractivity contribution in [3.8, 4) is 5.75 Å². The van der Waals surface area contributed by atoms with Gasteiger partial charge in [0.1, 0.15) is 18.3 Å². The lowest BCUT2D eigenvalue weighted by molar-refractivity contribution is -0.140.